The first-order chi connectivity index (χ1) is 8.29. The molecule has 2 heterocycles. The Labute approximate surface area is 126 Å². The van der Waals surface area contributed by atoms with Crippen molar-refractivity contribution in [1.82, 2.24) is 10.2 Å². The zero-order valence-electron chi connectivity index (χ0n) is 11.1. The molecule has 1 aliphatic heterocycles. The average molecular weight is 363 g/mol. The highest BCUT2D eigenvalue weighted by molar-refractivity contribution is 14.0. The van der Waals surface area contributed by atoms with E-state index < -0.39 is 0 Å². The van der Waals surface area contributed by atoms with Crippen LogP contribution in [0, 0.1) is 5.92 Å². The van der Waals surface area contributed by atoms with E-state index in [1.807, 2.05) is 19.2 Å². The molecule has 0 aromatic carbocycles. The molecule has 1 aromatic rings. The summed E-state index contributed by atoms with van der Waals surface area (Å²) in [4.78, 5) is 6.67. The van der Waals surface area contributed by atoms with Gasteiger partial charge in [0.05, 0.1) is 12.8 Å². The van der Waals surface area contributed by atoms with Crippen molar-refractivity contribution < 1.29 is 4.42 Å². The molecule has 1 saturated heterocycles. The van der Waals surface area contributed by atoms with E-state index in [1.54, 1.807) is 6.26 Å². The number of nitrogens with zero attached hydrogens (tertiary/aromatic N) is 2. The number of aliphatic imine (C=N–C) groups is 1. The third-order valence-electron chi connectivity index (χ3n) is 3.17. The van der Waals surface area contributed by atoms with Gasteiger partial charge in [0.2, 0.25) is 0 Å². The highest BCUT2D eigenvalue weighted by Gasteiger charge is 2.18. The third kappa shape index (κ3) is 4.19. The van der Waals surface area contributed by atoms with Gasteiger partial charge in [-0.05, 0) is 30.9 Å². The maximum Gasteiger partial charge on any atom is 0.194 e. The van der Waals surface area contributed by atoms with E-state index in [9.17, 15) is 0 Å². The van der Waals surface area contributed by atoms with E-state index in [4.69, 9.17) is 4.42 Å². The van der Waals surface area contributed by atoms with Gasteiger partial charge in [-0.15, -0.1) is 24.0 Å². The van der Waals surface area contributed by atoms with Crippen LogP contribution in [0.2, 0.25) is 0 Å². The molecule has 2 rings (SSSR count). The fraction of sp³-hybridized carbons (Fsp3) is 0.615. The van der Waals surface area contributed by atoms with Crippen molar-refractivity contribution in [2.45, 2.75) is 26.3 Å². The smallest absolute Gasteiger partial charge is 0.194 e. The number of rotatable bonds is 2. The fourth-order valence-electron chi connectivity index (χ4n) is 2.29. The Bertz CT molecular complexity index is 364. The fourth-order valence-corrected chi connectivity index (χ4v) is 2.29. The summed E-state index contributed by atoms with van der Waals surface area (Å²) in [6.07, 6.45) is 4.27. The van der Waals surface area contributed by atoms with Crippen molar-refractivity contribution in [3.8, 4) is 0 Å². The van der Waals surface area contributed by atoms with E-state index in [1.165, 1.54) is 12.8 Å². The second-order valence-corrected chi connectivity index (χ2v) is 4.67. The molecule has 0 spiro atoms. The number of likely N-dealkylation sites (tertiary alicyclic amines) is 1. The van der Waals surface area contributed by atoms with Crippen LogP contribution in [0.1, 0.15) is 25.5 Å². The van der Waals surface area contributed by atoms with Gasteiger partial charge in [-0.3, -0.25) is 4.99 Å². The molecule has 1 aliphatic rings. The summed E-state index contributed by atoms with van der Waals surface area (Å²) in [6, 6.07) is 3.88. The minimum atomic E-state index is 0. The molecule has 1 N–H and O–H groups in total. The van der Waals surface area contributed by atoms with Crippen LogP contribution in [-0.2, 0) is 6.54 Å². The van der Waals surface area contributed by atoms with Crippen molar-refractivity contribution in [2.75, 3.05) is 20.1 Å². The maximum absolute atomic E-state index is 5.30. The van der Waals surface area contributed by atoms with Gasteiger partial charge >= 0.3 is 0 Å². The molecule has 1 aromatic heterocycles. The second-order valence-electron chi connectivity index (χ2n) is 4.67. The lowest BCUT2D eigenvalue weighted by Gasteiger charge is -2.33. The van der Waals surface area contributed by atoms with Gasteiger partial charge in [0.1, 0.15) is 5.76 Å². The Kier molecular flexibility index (Phi) is 6.52. The summed E-state index contributed by atoms with van der Waals surface area (Å²) in [7, 11) is 1.84. The normalized spacial score (nSPS) is 20.4. The first kappa shape index (κ1) is 15.3. The van der Waals surface area contributed by atoms with E-state index in [0.717, 1.165) is 30.7 Å². The third-order valence-corrected chi connectivity index (χ3v) is 3.17. The van der Waals surface area contributed by atoms with Crippen molar-refractivity contribution in [3.63, 3.8) is 0 Å². The molecule has 0 bridgehead atoms. The Balaban J connectivity index is 0.00000162. The topological polar surface area (TPSA) is 40.8 Å². The van der Waals surface area contributed by atoms with Crippen LogP contribution in [0.5, 0.6) is 0 Å². The number of hydrogen-bond acceptors (Lipinski definition) is 2. The Morgan fingerprint density at radius 3 is 3.06 bits per heavy atom. The molecule has 1 atom stereocenters. The quantitative estimate of drug-likeness (QED) is 0.499. The summed E-state index contributed by atoms with van der Waals surface area (Å²) in [6.45, 7) is 5.19. The van der Waals surface area contributed by atoms with Crippen LogP contribution in [0.15, 0.2) is 27.8 Å². The first-order valence-corrected chi connectivity index (χ1v) is 6.27. The molecule has 0 radical (unpaired) electrons. The van der Waals surface area contributed by atoms with Gasteiger partial charge in [0.15, 0.2) is 5.96 Å². The molecule has 4 nitrogen and oxygen atoms in total. The lowest BCUT2D eigenvalue weighted by atomic mass is 10.0. The van der Waals surface area contributed by atoms with Crippen molar-refractivity contribution >= 4 is 29.9 Å². The van der Waals surface area contributed by atoms with Gasteiger partial charge in [0, 0.05) is 20.1 Å². The number of piperidine rings is 1. The molecule has 0 amide bonds. The highest BCUT2D eigenvalue weighted by atomic mass is 127. The number of nitrogens with one attached hydrogen (secondary N) is 1. The SMILES string of the molecule is CN=C(NCc1ccco1)N1CCCC(C)C1.I. The average Bonchev–Trinajstić information content (AvgIpc) is 2.83. The van der Waals surface area contributed by atoms with E-state index in [-0.39, 0.29) is 24.0 Å². The van der Waals surface area contributed by atoms with Gasteiger partial charge in [0.25, 0.3) is 0 Å². The van der Waals surface area contributed by atoms with Gasteiger partial charge in [-0.2, -0.15) is 0 Å². The zero-order valence-corrected chi connectivity index (χ0v) is 13.4. The summed E-state index contributed by atoms with van der Waals surface area (Å²) in [5.41, 5.74) is 0. The zero-order chi connectivity index (χ0) is 12.1. The molecule has 18 heavy (non-hydrogen) atoms. The standard InChI is InChI=1S/C13H21N3O.HI/c1-11-5-3-7-16(10-11)13(14-2)15-9-12-6-4-8-17-12;/h4,6,8,11H,3,5,7,9-10H2,1-2H3,(H,14,15);1H. The molecule has 1 fully saturated rings. The van der Waals surface area contributed by atoms with Crippen LogP contribution in [0.25, 0.3) is 0 Å². The number of guanidine groups is 1. The molecule has 0 saturated carbocycles. The maximum atomic E-state index is 5.30. The van der Waals surface area contributed by atoms with E-state index >= 15 is 0 Å². The molecule has 5 heteroatoms. The van der Waals surface area contributed by atoms with Crippen molar-refractivity contribution in [2.24, 2.45) is 10.9 Å². The van der Waals surface area contributed by atoms with Crippen LogP contribution in [0.4, 0.5) is 0 Å². The highest BCUT2D eigenvalue weighted by Crippen LogP contribution is 2.15. The predicted octanol–water partition coefficient (Wildman–Crippen LogP) is 2.70. The van der Waals surface area contributed by atoms with Crippen molar-refractivity contribution in [3.05, 3.63) is 24.2 Å². The number of halogens is 1. The van der Waals surface area contributed by atoms with Crippen LogP contribution in [-0.4, -0.2) is 31.0 Å². The Morgan fingerprint density at radius 2 is 2.44 bits per heavy atom. The largest absolute Gasteiger partial charge is 0.467 e. The van der Waals surface area contributed by atoms with Gasteiger partial charge in [-0.25, -0.2) is 0 Å². The minimum absolute atomic E-state index is 0. The molecule has 0 aliphatic carbocycles. The first-order valence-electron chi connectivity index (χ1n) is 6.27. The van der Waals surface area contributed by atoms with Crippen LogP contribution in [0.3, 0.4) is 0 Å². The Hall–Kier alpha value is -0.720. The lowest BCUT2D eigenvalue weighted by Crippen LogP contribution is -2.45. The lowest BCUT2D eigenvalue weighted by molar-refractivity contribution is 0.265. The monoisotopic (exact) mass is 363 g/mol. The van der Waals surface area contributed by atoms with Gasteiger partial charge in [-0.1, -0.05) is 6.92 Å². The summed E-state index contributed by atoms with van der Waals surface area (Å²) < 4.78 is 5.30. The minimum Gasteiger partial charge on any atom is -0.467 e. The Morgan fingerprint density at radius 1 is 1.61 bits per heavy atom. The number of furan rings is 1. The summed E-state index contributed by atoms with van der Waals surface area (Å²) in [5.74, 6) is 2.68. The van der Waals surface area contributed by atoms with E-state index in [2.05, 4.69) is 22.1 Å². The number of hydrogen-bond donors (Lipinski definition) is 1. The molecular formula is C13H22IN3O. The molecule has 102 valence electrons. The summed E-state index contributed by atoms with van der Waals surface area (Å²) >= 11 is 0. The van der Waals surface area contributed by atoms with Gasteiger partial charge < -0.3 is 14.6 Å². The van der Waals surface area contributed by atoms with Crippen molar-refractivity contribution in [1.29, 1.82) is 0 Å². The molecule has 1 unspecified atom stereocenters. The van der Waals surface area contributed by atoms with Crippen LogP contribution < -0.4 is 5.32 Å². The predicted molar refractivity (Wildman–Crippen MR) is 84.3 cm³/mol. The van der Waals surface area contributed by atoms with E-state index in [0.29, 0.717) is 6.54 Å². The summed E-state index contributed by atoms with van der Waals surface area (Å²) in [5, 5.41) is 3.34. The second kappa shape index (κ2) is 7.66. The van der Waals surface area contributed by atoms with Crippen LogP contribution >= 0.6 is 24.0 Å². The molecular weight excluding hydrogens is 341 g/mol.